The smallest absolute Gasteiger partial charge is 0.0974 e. The minimum Gasteiger partial charge on any atom is -0.359 e. The second kappa shape index (κ2) is 7.56. The van der Waals surface area contributed by atoms with Gasteiger partial charge in [0.1, 0.15) is 0 Å². The van der Waals surface area contributed by atoms with Crippen molar-refractivity contribution < 1.29 is 4.74 Å². The Balaban J connectivity index is 1.25. The minimum absolute atomic E-state index is 0.0112. The Labute approximate surface area is 211 Å². The second-order valence-corrected chi connectivity index (χ2v) is 13.0. The average molecular weight is 468 g/mol. The number of rotatable bonds is 3. The predicted octanol–water partition coefficient (Wildman–Crippen LogP) is 7.79. The van der Waals surface area contributed by atoms with Gasteiger partial charge in [0.2, 0.25) is 0 Å². The summed E-state index contributed by atoms with van der Waals surface area (Å²) in [6.45, 7) is 7.26. The Kier molecular flexibility index (Phi) is 4.82. The molecule has 2 spiro atoms. The van der Waals surface area contributed by atoms with Crippen LogP contribution in [0.5, 0.6) is 0 Å². The molecule has 184 valence electrons. The van der Waals surface area contributed by atoms with Crippen molar-refractivity contribution in [1.82, 2.24) is 4.90 Å². The van der Waals surface area contributed by atoms with E-state index in [1.165, 1.54) is 73.3 Å². The van der Waals surface area contributed by atoms with Crippen LogP contribution in [-0.4, -0.2) is 35.2 Å². The maximum absolute atomic E-state index is 7.51. The molecule has 6 atom stereocenters. The SMILES string of the molecule is CC(C)N(C)[C@H]1CCC2=CC3=CC[C@]4(C)[C@@H](c5ccc6ccccc6c5)CC[C@H]4[C@@]34CCC2(C1)O4. The topological polar surface area (TPSA) is 12.5 Å². The molecule has 3 fully saturated rings. The summed E-state index contributed by atoms with van der Waals surface area (Å²) >= 11 is 0. The van der Waals surface area contributed by atoms with Gasteiger partial charge < -0.3 is 9.64 Å². The monoisotopic (exact) mass is 467 g/mol. The van der Waals surface area contributed by atoms with E-state index >= 15 is 0 Å². The fourth-order valence-electron chi connectivity index (χ4n) is 9.12. The first-order chi connectivity index (χ1) is 16.8. The first-order valence-electron chi connectivity index (χ1n) is 14.2. The zero-order valence-electron chi connectivity index (χ0n) is 22.0. The van der Waals surface area contributed by atoms with Crippen molar-refractivity contribution in [2.75, 3.05) is 7.05 Å². The van der Waals surface area contributed by atoms with Gasteiger partial charge in [-0.25, -0.2) is 0 Å². The van der Waals surface area contributed by atoms with Gasteiger partial charge in [0.05, 0.1) is 11.2 Å². The molecule has 2 heteroatoms. The largest absolute Gasteiger partial charge is 0.359 e. The fraction of sp³-hybridized carbons (Fsp3) is 0.576. The third kappa shape index (κ3) is 3.02. The van der Waals surface area contributed by atoms with Gasteiger partial charge in [-0.05, 0) is 117 Å². The van der Waals surface area contributed by atoms with Gasteiger partial charge in [-0.1, -0.05) is 61.5 Å². The van der Waals surface area contributed by atoms with Crippen molar-refractivity contribution in [2.45, 2.75) is 101 Å². The molecule has 35 heavy (non-hydrogen) atoms. The number of allylic oxidation sites excluding steroid dienone is 1. The quantitative estimate of drug-likeness (QED) is 0.457. The summed E-state index contributed by atoms with van der Waals surface area (Å²) in [5, 5.41) is 2.73. The normalized spacial score (nSPS) is 39.9. The summed E-state index contributed by atoms with van der Waals surface area (Å²) in [7, 11) is 2.32. The highest BCUT2D eigenvalue weighted by molar-refractivity contribution is 5.83. The lowest BCUT2D eigenvalue weighted by molar-refractivity contribution is -0.141. The fourth-order valence-corrected chi connectivity index (χ4v) is 9.12. The highest BCUT2D eigenvalue weighted by Gasteiger charge is 2.66. The summed E-state index contributed by atoms with van der Waals surface area (Å²) in [6, 6.07) is 17.3. The van der Waals surface area contributed by atoms with Gasteiger partial charge >= 0.3 is 0 Å². The Morgan fingerprint density at radius 3 is 2.66 bits per heavy atom. The predicted molar refractivity (Wildman–Crippen MR) is 145 cm³/mol. The van der Waals surface area contributed by atoms with E-state index in [4.69, 9.17) is 4.74 Å². The van der Waals surface area contributed by atoms with E-state index in [0.717, 1.165) is 0 Å². The molecule has 0 amide bonds. The molecule has 0 radical (unpaired) electrons. The van der Waals surface area contributed by atoms with Crippen LogP contribution < -0.4 is 0 Å². The lowest BCUT2D eigenvalue weighted by Crippen LogP contribution is -2.55. The second-order valence-electron chi connectivity index (χ2n) is 13.0. The van der Waals surface area contributed by atoms with Crippen LogP contribution in [0.25, 0.3) is 10.8 Å². The molecule has 2 aromatic carbocycles. The van der Waals surface area contributed by atoms with Gasteiger partial charge in [-0.3, -0.25) is 0 Å². The molecule has 5 aliphatic rings. The van der Waals surface area contributed by atoms with E-state index in [2.05, 4.69) is 87.3 Å². The van der Waals surface area contributed by atoms with Crippen LogP contribution in [0, 0.1) is 11.3 Å². The van der Waals surface area contributed by atoms with Crippen LogP contribution in [0.2, 0.25) is 0 Å². The number of hydrogen-bond acceptors (Lipinski definition) is 2. The van der Waals surface area contributed by atoms with E-state index in [1.54, 1.807) is 5.57 Å². The highest BCUT2D eigenvalue weighted by atomic mass is 16.5. The third-order valence-corrected chi connectivity index (χ3v) is 11.2. The van der Waals surface area contributed by atoms with Crippen molar-refractivity contribution in [3.63, 3.8) is 0 Å². The minimum atomic E-state index is -0.0552. The summed E-state index contributed by atoms with van der Waals surface area (Å²) in [5.74, 6) is 1.23. The van der Waals surface area contributed by atoms with Gasteiger partial charge in [-0.2, -0.15) is 0 Å². The highest BCUT2D eigenvalue weighted by Crippen LogP contribution is 2.69. The summed E-state index contributed by atoms with van der Waals surface area (Å²) in [4.78, 5) is 2.60. The molecule has 2 bridgehead atoms. The molecule has 1 saturated heterocycles. The van der Waals surface area contributed by atoms with E-state index in [0.29, 0.717) is 23.9 Å². The molecule has 2 saturated carbocycles. The molecule has 2 nitrogen and oxygen atoms in total. The van der Waals surface area contributed by atoms with Crippen LogP contribution in [0.1, 0.15) is 83.6 Å². The van der Waals surface area contributed by atoms with Crippen LogP contribution in [0.3, 0.4) is 0 Å². The van der Waals surface area contributed by atoms with Crippen molar-refractivity contribution in [3.8, 4) is 0 Å². The first kappa shape index (κ1) is 22.3. The van der Waals surface area contributed by atoms with E-state index in [9.17, 15) is 0 Å². The summed E-state index contributed by atoms with van der Waals surface area (Å²) in [5.41, 5.74) is 4.89. The third-order valence-electron chi connectivity index (χ3n) is 11.2. The first-order valence-corrected chi connectivity index (χ1v) is 14.2. The molecule has 0 aromatic heterocycles. The Morgan fingerprint density at radius 2 is 1.83 bits per heavy atom. The Morgan fingerprint density at radius 1 is 1.00 bits per heavy atom. The lowest BCUT2D eigenvalue weighted by Gasteiger charge is -2.55. The van der Waals surface area contributed by atoms with Crippen LogP contribution >= 0.6 is 0 Å². The number of benzene rings is 2. The van der Waals surface area contributed by atoms with E-state index in [1.807, 2.05) is 0 Å². The maximum Gasteiger partial charge on any atom is 0.0974 e. The molecular weight excluding hydrogens is 426 g/mol. The summed E-state index contributed by atoms with van der Waals surface area (Å²) in [6.07, 6.45) is 15.1. The van der Waals surface area contributed by atoms with E-state index < -0.39 is 0 Å². The standard InChI is InChI=1S/C33H41NO/c1-22(2)34(4)28-12-11-26-20-27-15-16-31(3)29(25-10-9-23-7-5-6-8-24(23)19-25)13-14-30(31)33(27)18-17-32(26,21-28)35-33/h5-10,15,19-20,22,28-30H,11-14,16-18,21H2,1-4H3/t28-,29+,30+,31+,32?,33+/m0/s1. The Hall–Kier alpha value is -1.90. The van der Waals surface area contributed by atoms with Crippen molar-refractivity contribution in [2.24, 2.45) is 11.3 Å². The van der Waals surface area contributed by atoms with Crippen LogP contribution in [0.15, 0.2) is 65.8 Å². The zero-order valence-corrected chi connectivity index (χ0v) is 22.0. The molecule has 7 rings (SSSR count). The van der Waals surface area contributed by atoms with Crippen LogP contribution in [0.4, 0.5) is 0 Å². The molecule has 1 unspecified atom stereocenters. The Bertz CT molecular complexity index is 1240. The van der Waals surface area contributed by atoms with Crippen molar-refractivity contribution in [3.05, 3.63) is 71.3 Å². The van der Waals surface area contributed by atoms with Gasteiger partial charge in [0.15, 0.2) is 0 Å². The van der Waals surface area contributed by atoms with E-state index in [-0.39, 0.29) is 16.6 Å². The summed E-state index contributed by atoms with van der Waals surface area (Å²) < 4.78 is 7.51. The number of nitrogens with zero attached hydrogens (tertiary/aromatic N) is 1. The average Bonchev–Trinajstić information content (AvgIpc) is 3.38. The van der Waals surface area contributed by atoms with Crippen molar-refractivity contribution >= 4 is 10.8 Å². The molecule has 2 heterocycles. The maximum atomic E-state index is 7.51. The van der Waals surface area contributed by atoms with Crippen molar-refractivity contribution in [1.29, 1.82) is 0 Å². The molecule has 2 aliphatic heterocycles. The van der Waals surface area contributed by atoms with Crippen LogP contribution in [-0.2, 0) is 4.74 Å². The molecule has 2 aromatic rings. The molecule has 3 aliphatic carbocycles. The number of fused-ring (bicyclic) bond motifs is 2. The molecular formula is C33H41NO. The molecule has 0 N–H and O–H groups in total. The van der Waals surface area contributed by atoms with Gasteiger partial charge in [0, 0.05) is 12.1 Å². The lowest BCUT2D eigenvalue weighted by atomic mass is 9.58. The number of hydrogen-bond donors (Lipinski definition) is 0. The van der Waals surface area contributed by atoms with Gasteiger partial charge in [0.25, 0.3) is 0 Å². The zero-order chi connectivity index (χ0) is 24.0. The van der Waals surface area contributed by atoms with Gasteiger partial charge in [-0.15, -0.1) is 0 Å². The number of ether oxygens (including phenoxy) is 1.